The number of hydrogen-bond donors (Lipinski definition) is 2. The summed E-state index contributed by atoms with van der Waals surface area (Å²) in [5.74, 6) is -1.32. The highest BCUT2D eigenvalue weighted by Crippen LogP contribution is 1.43. The molecule has 0 unspecified atom stereocenters. The molecule has 0 bridgehead atoms. The summed E-state index contributed by atoms with van der Waals surface area (Å²) < 4.78 is 0. The quantitative estimate of drug-likeness (QED) is 0.374. The maximum Gasteiger partial charge on any atom is 0.0604 e. The van der Waals surface area contributed by atoms with E-state index in [0.717, 1.165) is 0 Å². The molecule has 36 valence electrons. The summed E-state index contributed by atoms with van der Waals surface area (Å²) >= 11 is 0. The van der Waals surface area contributed by atoms with Crippen LogP contribution in [0, 0.1) is 0 Å². The van der Waals surface area contributed by atoms with Crippen LogP contribution in [0.5, 0.6) is 0 Å². The third-order valence-corrected chi connectivity index (χ3v) is 0.223. The Bertz CT molecular complexity index is 52.8. The molecule has 0 fully saturated rings. The van der Waals surface area contributed by atoms with E-state index in [1.807, 2.05) is 0 Å². The van der Waals surface area contributed by atoms with Crippen molar-refractivity contribution in [2.24, 2.45) is 0 Å². The lowest BCUT2D eigenvalue weighted by molar-refractivity contribution is -0.305. The van der Waals surface area contributed by atoms with E-state index in [2.05, 4.69) is 0 Å². The average molecular weight is 90.1 g/mol. The van der Waals surface area contributed by atoms with E-state index in [1.54, 1.807) is 0 Å². The first kappa shape index (κ1) is 5.39. The molecule has 0 heterocycles. The van der Waals surface area contributed by atoms with Crippen molar-refractivity contribution in [2.75, 3.05) is 6.54 Å². The Morgan fingerprint density at radius 2 is 2.50 bits per heavy atom. The first-order valence-electron chi connectivity index (χ1n) is 1.34. The van der Waals surface area contributed by atoms with Crippen LogP contribution in [0.2, 0.25) is 0 Å². The monoisotopic (exact) mass is 90.0 g/mol. The summed E-state index contributed by atoms with van der Waals surface area (Å²) in [5.41, 5.74) is 1.41. The highest BCUT2D eigenvalue weighted by molar-refractivity contribution is 5.66. The zero-order valence-corrected chi connectivity index (χ0v) is 2.97. The van der Waals surface area contributed by atoms with Gasteiger partial charge in [0.05, 0.1) is 12.5 Å². The summed E-state index contributed by atoms with van der Waals surface area (Å²) in [4.78, 5) is 9.27. The SMILES string of the molecule is O=C([O-])CNO. The first-order valence-corrected chi connectivity index (χ1v) is 1.34. The third-order valence-electron chi connectivity index (χ3n) is 0.223. The van der Waals surface area contributed by atoms with Crippen LogP contribution in [0.1, 0.15) is 0 Å². The van der Waals surface area contributed by atoms with Gasteiger partial charge in [-0.05, 0) is 0 Å². The number of aliphatic carboxylic acids is 1. The van der Waals surface area contributed by atoms with Gasteiger partial charge in [-0.25, -0.2) is 0 Å². The largest absolute Gasteiger partial charge is 0.549 e. The second-order valence-electron chi connectivity index (χ2n) is 0.707. The first-order chi connectivity index (χ1) is 2.77. The molecular weight excluding hydrogens is 86.0 g/mol. The number of nitrogens with one attached hydrogen (secondary N) is 1. The van der Waals surface area contributed by atoms with Crippen LogP contribution < -0.4 is 10.6 Å². The summed E-state index contributed by atoms with van der Waals surface area (Å²) in [6.07, 6.45) is 0. The van der Waals surface area contributed by atoms with Crippen LogP contribution >= 0.6 is 0 Å². The predicted molar refractivity (Wildman–Crippen MR) is 14.8 cm³/mol. The molecule has 0 aliphatic carbocycles. The van der Waals surface area contributed by atoms with Crippen molar-refractivity contribution in [3.05, 3.63) is 0 Å². The molecule has 0 aromatic rings. The summed E-state index contributed by atoms with van der Waals surface area (Å²) in [6.45, 7) is -0.514. The Morgan fingerprint density at radius 1 is 2.00 bits per heavy atom. The molecule has 0 atom stereocenters. The highest BCUT2D eigenvalue weighted by atomic mass is 16.5. The van der Waals surface area contributed by atoms with Crippen LogP contribution in [0.4, 0.5) is 0 Å². The molecule has 6 heavy (non-hydrogen) atoms. The van der Waals surface area contributed by atoms with E-state index in [4.69, 9.17) is 5.21 Å². The maximum absolute atomic E-state index is 9.27. The van der Waals surface area contributed by atoms with E-state index in [1.165, 1.54) is 5.48 Å². The van der Waals surface area contributed by atoms with Crippen LogP contribution in [0.15, 0.2) is 0 Å². The lowest BCUT2D eigenvalue weighted by Gasteiger charge is -1.93. The van der Waals surface area contributed by atoms with E-state index in [9.17, 15) is 9.90 Å². The van der Waals surface area contributed by atoms with Gasteiger partial charge >= 0.3 is 0 Å². The highest BCUT2D eigenvalue weighted by Gasteiger charge is 1.74. The Kier molecular flexibility index (Phi) is 2.35. The molecule has 0 aromatic carbocycles. The second-order valence-corrected chi connectivity index (χ2v) is 0.707. The second kappa shape index (κ2) is 2.62. The van der Waals surface area contributed by atoms with Gasteiger partial charge in [0, 0.05) is 0 Å². The summed E-state index contributed by atoms with van der Waals surface area (Å²) in [7, 11) is 0. The lowest BCUT2D eigenvalue weighted by Crippen LogP contribution is -2.32. The molecule has 0 rings (SSSR count). The standard InChI is InChI=1S/C2H5NO3/c4-2(5)1-3-6/h3,6H,1H2,(H,4,5)/p-1. The summed E-state index contributed by atoms with van der Waals surface area (Å²) in [5, 5.41) is 16.8. The number of hydrogen-bond acceptors (Lipinski definition) is 4. The lowest BCUT2D eigenvalue weighted by atomic mass is 10.7. The fraction of sp³-hybridized carbons (Fsp3) is 0.500. The van der Waals surface area contributed by atoms with Crippen LogP contribution in [-0.4, -0.2) is 17.7 Å². The van der Waals surface area contributed by atoms with Crippen LogP contribution in [-0.2, 0) is 4.79 Å². The zero-order valence-electron chi connectivity index (χ0n) is 2.97. The van der Waals surface area contributed by atoms with E-state index in [-0.39, 0.29) is 0 Å². The Morgan fingerprint density at radius 3 is 2.50 bits per heavy atom. The predicted octanol–water partition coefficient (Wildman–Crippen LogP) is -2.28. The Hall–Kier alpha value is -0.610. The van der Waals surface area contributed by atoms with Gasteiger partial charge in [0.1, 0.15) is 0 Å². The van der Waals surface area contributed by atoms with E-state index < -0.39 is 12.5 Å². The number of carbonyl (C=O) groups is 1. The molecule has 4 heteroatoms. The van der Waals surface area contributed by atoms with Gasteiger partial charge in [0.25, 0.3) is 0 Å². The van der Waals surface area contributed by atoms with E-state index in [0.29, 0.717) is 0 Å². The molecule has 4 nitrogen and oxygen atoms in total. The van der Waals surface area contributed by atoms with Gasteiger partial charge in [0.2, 0.25) is 0 Å². The van der Waals surface area contributed by atoms with Crippen molar-refractivity contribution in [2.45, 2.75) is 0 Å². The van der Waals surface area contributed by atoms with Gasteiger partial charge in [-0.2, -0.15) is 5.48 Å². The molecule has 0 saturated heterocycles. The van der Waals surface area contributed by atoms with Gasteiger partial charge < -0.3 is 15.1 Å². The molecule has 0 spiro atoms. The van der Waals surface area contributed by atoms with Crippen LogP contribution in [0.25, 0.3) is 0 Å². The molecule has 2 N–H and O–H groups in total. The molecule has 0 aliphatic rings. The minimum atomic E-state index is -1.32. The van der Waals surface area contributed by atoms with Crippen LogP contribution in [0.3, 0.4) is 0 Å². The Balaban J connectivity index is 2.83. The fourth-order valence-corrected chi connectivity index (χ4v) is 0.0645. The average Bonchev–Trinajstić information content (AvgIpc) is 1.35. The minimum absolute atomic E-state index is 0.514. The maximum atomic E-state index is 9.27. The molecule has 0 aliphatic heterocycles. The molecule has 0 amide bonds. The van der Waals surface area contributed by atoms with Crippen molar-refractivity contribution in [1.29, 1.82) is 0 Å². The van der Waals surface area contributed by atoms with Crippen molar-refractivity contribution in [1.82, 2.24) is 5.48 Å². The summed E-state index contributed by atoms with van der Waals surface area (Å²) in [6, 6.07) is 0. The number of carbonyl (C=O) groups excluding carboxylic acids is 1. The van der Waals surface area contributed by atoms with E-state index >= 15 is 0 Å². The number of carboxylic acids is 1. The topological polar surface area (TPSA) is 72.4 Å². The number of rotatable bonds is 2. The van der Waals surface area contributed by atoms with Crippen molar-refractivity contribution in [3.8, 4) is 0 Å². The normalized spacial score (nSPS) is 8.17. The van der Waals surface area contributed by atoms with Gasteiger partial charge in [-0.1, -0.05) is 0 Å². The molecule has 0 radical (unpaired) electrons. The molecular formula is C2H4NO3-. The molecule has 0 aromatic heterocycles. The van der Waals surface area contributed by atoms with Crippen molar-refractivity contribution < 1.29 is 15.1 Å². The Labute approximate surface area is 34.4 Å². The zero-order chi connectivity index (χ0) is 4.99. The number of carboxylic acid groups (broad SMARTS) is 1. The number of hydroxylamine groups is 1. The van der Waals surface area contributed by atoms with Crippen molar-refractivity contribution in [3.63, 3.8) is 0 Å². The van der Waals surface area contributed by atoms with Gasteiger partial charge in [-0.15, -0.1) is 0 Å². The fourth-order valence-electron chi connectivity index (χ4n) is 0.0645. The van der Waals surface area contributed by atoms with Gasteiger partial charge in [0.15, 0.2) is 0 Å². The minimum Gasteiger partial charge on any atom is -0.549 e. The third kappa shape index (κ3) is 3.39. The smallest absolute Gasteiger partial charge is 0.0604 e. The molecule has 0 saturated carbocycles. The van der Waals surface area contributed by atoms with Crippen molar-refractivity contribution >= 4 is 5.97 Å². The van der Waals surface area contributed by atoms with Gasteiger partial charge in [-0.3, -0.25) is 0 Å².